The maximum Gasteiger partial charge on any atom is 0.350 e. The van der Waals surface area contributed by atoms with Crippen LogP contribution >= 0.6 is 0 Å². The number of rotatable bonds is 10. The van der Waals surface area contributed by atoms with Gasteiger partial charge in [-0.2, -0.15) is 21.0 Å². The minimum Gasteiger partial charge on any atom is -0.507 e. The molecular weight excluding hydrogens is 544 g/mol. The maximum atomic E-state index is 13.0. The Kier molecular flexibility index (Phi) is 9.40. The van der Waals surface area contributed by atoms with Gasteiger partial charge in [-0.15, -0.1) is 0 Å². The fourth-order valence-corrected chi connectivity index (χ4v) is 4.57. The van der Waals surface area contributed by atoms with Crippen LogP contribution in [0.2, 0.25) is 0 Å². The van der Waals surface area contributed by atoms with Crippen molar-refractivity contribution >= 4 is 11.6 Å². The van der Waals surface area contributed by atoms with Crippen molar-refractivity contribution in [1.29, 1.82) is 21.0 Å². The van der Waals surface area contributed by atoms with Crippen molar-refractivity contribution in [3.05, 3.63) is 91.0 Å². The van der Waals surface area contributed by atoms with Crippen LogP contribution in [0.4, 0.5) is 0 Å². The maximum absolute atomic E-state index is 13.0. The lowest BCUT2D eigenvalue weighted by molar-refractivity contribution is 0.0954. The van der Waals surface area contributed by atoms with Crippen LogP contribution in [0.25, 0.3) is 0 Å². The van der Waals surface area contributed by atoms with E-state index >= 15 is 0 Å². The zero-order valence-electron chi connectivity index (χ0n) is 22.3. The van der Waals surface area contributed by atoms with Crippen LogP contribution in [0, 0.1) is 71.0 Å². The topological polar surface area (TPSA) is 230 Å². The smallest absolute Gasteiger partial charge is 0.350 e. The third-order valence-corrected chi connectivity index (χ3v) is 6.63. The van der Waals surface area contributed by atoms with Crippen molar-refractivity contribution in [3.63, 3.8) is 0 Å². The Balaban J connectivity index is 1.99. The molecule has 1 aromatic carbocycles. The molecule has 0 amide bonds. The van der Waals surface area contributed by atoms with Crippen molar-refractivity contribution in [2.45, 2.75) is 38.5 Å². The molecule has 0 saturated carbocycles. The molecule has 2 N–H and O–H groups in total. The number of hydrogen-bond donors (Lipinski definition) is 2. The Bertz CT molecular complexity index is 1670. The second-order valence-electron chi connectivity index (χ2n) is 9.42. The predicted octanol–water partition coefficient (Wildman–Crippen LogP) is 3.66. The summed E-state index contributed by atoms with van der Waals surface area (Å²) in [4.78, 5) is 50.4. The van der Waals surface area contributed by atoms with Crippen LogP contribution < -0.4 is 11.3 Å². The van der Waals surface area contributed by atoms with E-state index in [1.807, 2.05) is 24.3 Å². The Morgan fingerprint density at radius 1 is 0.690 bits per heavy atom. The molecule has 0 radical (unpaired) electrons. The highest BCUT2D eigenvalue weighted by molar-refractivity contribution is 5.99. The van der Waals surface area contributed by atoms with Gasteiger partial charge in [0, 0.05) is 36.8 Å². The van der Waals surface area contributed by atoms with E-state index in [0.717, 1.165) is 12.1 Å². The van der Waals surface area contributed by atoms with E-state index in [1.54, 1.807) is 0 Å². The molecule has 3 rings (SSSR count). The first-order valence-corrected chi connectivity index (χ1v) is 12.4. The monoisotopic (exact) mass is 566 g/mol. The van der Waals surface area contributed by atoms with Crippen molar-refractivity contribution in [2.75, 3.05) is 0 Å². The normalized spacial score (nSPS) is 12.0. The molecule has 12 nitrogen and oxygen atoms in total. The Morgan fingerprint density at radius 2 is 1.00 bits per heavy atom. The molecule has 0 saturated heterocycles. The number of carbonyl (C=O) groups excluding carboxylic acids is 2. The summed E-state index contributed by atoms with van der Waals surface area (Å²) in [6.45, 7) is 2.81. The van der Waals surface area contributed by atoms with Crippen molar-refractivity contribution in [2.24, 2.45) is 11.8 Å². The molecule has 2 heterocycles. The summed E-state index contributed by atoms with van der Waals surface area (Å²) < 4.78 is 9.79. The molecule has 12 heteroatoms. The quantitative estimate of drug-likeness (QED) is 0.335. The summed E-state index contributed by atoms with van der Waals surface area (Å²) in [6.07, 6.45) is -1.04. The molecule has 0 aliphatic rings. The first kappa shape index (κ1) is 30.6. The van der Waals surface area contributed by atoms with E-state index in [4.69, 9.17) is 8.83 Å². The number of hydrogen-bond acceptors (Lipinski definition) is 12. The summed E-state index contributed by atoms with van der Waals surface area (Å²) in [6, 6.07) is 15.2. The first-order valence-electron chi connectivity index (χ1n) is 12.4. The molecular formula is C30H22N4O8. The molecule has 3 aromatic rings. The number of nitrogens with zero attached hydrogens (tertiary/aromatic N) is 4. The van der Waals surface area contributed by atoms with E-state index in [0.29, 0.717) is 11.1 Å². The lowest BCUT2D eigenvalue weighted by atomic mass is 9.79. The van der Waals surface area contributed by atoms with Gasteiger partial charge in [0.25, 0.3) is 0 Å². The lowest BCUT2D eigenvalue weighted by Gasteiger charge is -2.21. The number of nitriles is 4. The summed E-state index contributed by atoms with van der Waals surface area (Å²) in [5.41, 5.74) is -2.77. The van der Waals surface area contributed by atoms with Crippen LogP contribution in [-0.2, 0) is 0 Å². The van der Waals surface area contributed by atoms with Gasteiger partial charge in [0.05, 0.1) is 24.3 Å². The number of aryl methyl sites for hydroxylation is 2. The highest BCUT2D eigenvalue weighted by Crippen LogP contribution is 2.34. The summed E-state index contributed by atoms with van der Waals surface area (Å²) in [7, 11) is 0. The Labute approximate surface area is 238 Å². The van der Waals surface area contributed by atoms with E-state index in [9.17, 15) is 50.4 Å². The van der Waals surface area contributed by atoms with E-state index in [2.05, 4.69) is 0 Å². The predicted molar refractivity (Wildman–Crippen MR) is 142 cm³/mol. The number of carbonyl (C=O) groups is 2. The molecule has 0 spiro atoms. The standard InChI is InChI=1S/C30H22N4O8/c1-15-7-23(35)27(29(39)41-15)25(37)9-21(19(11-31)12-32)17-3-5-18(6-4-17)22(20(13-33)14-34)10-26(38)28-24(36)8-16(2)42-30(28)40/h3-8,19-22,35-36H,9-10H2,1-2H3. The van der Waals surface area contributed by atoms with Crippen LogP contribution in [-0.4, -0.2) is 21.8 Å². The summed E-state index contributed by atoms with van der Waals surface area (Å²) in [5.74, 6) is -7.57. The molecule has 0 fully saturated rings. The third-order valence-electron chi connectivity index (χ3n) is 6.63. The Morgan fingerprint density at radius 3 is 1.26 bits per heavy atom. The fourth-order valence-electron chi connectivity index (χ4n) is 4.57. The third kappa shape index (κ3) is 6.42. The van der Waals surface area contributed by atoms with E-state index < -0.39 is 82.0 Å². The Hall–Kier alpha value is -5.98. The van der Waals surface area contributed by atoms with Gasteiger partial charge in [0.1, 0.15) is 46.0 Å². The zero-order chi connectivity index (χ0) is 31.1. The number of aromatic hydroxyl groups is 2. The molecule has 42 heavy (non-hydrogen) atoms. The number of Topliss-reactive ketones (excluding diaryl/α,β-unsaturated/α-hetero) is 2. The minimum atomic E-state index is -1.34. The van der Waals surface area contributed by atoms with Crippen molar-refractivity contribution in [1.82, 2.24) is 0 Å². The fraction of sp³-hybridized carbons (Fsp3) is 0.267. The average molecular weight is 567 g/mol. The molecule has 210 valence electrons. The van der Waals surface area contributed by atoms with Gasteiger partial charge < -0.3 is 19.0 Å². The SMILES string of the molecule is Cc1cc(O)c(C(=O)CC(c2ccc(C(CC(=O)c3c(O)cc(C)oc3=O)C(C#N)C#N)cc2)C(C#N)C#N)c(=O)o1. The van der Waals surface area contributed by atoms with Crippen LogP contribution in [0.3, 0.4) is 0 Å². The average Bonchev–Trinajstić information content (AvgIpc) is 2.92. The van der Waals surface area contributed by atoms with Gasteiger partial charge in [0.2, 0.25) is 0 Å². The van der Waals surface area contributed by atoms with Crippen LogP contribution in [0.1, 0.15) is 68.0 Å². The van der Waals surface area contributed by atoms with E-state index in [-0.39, 0.29) is 11.5 Å². The molecule has 2 unspecified atom stereocenters. The second-order valence-corrected chi connectivity index (χ2v) is 9.42. The summed E-state index contributed by atoms with van der Waals surface area (Å²) >= 11 is 0. The second kappa shape index (κ2) is 12.9. The molecule has 2 aromatic heterocycles. The van der Waals surface area contributed by atoms with E-state index in [1.165, 1.54) is 38.1 Å². The van der Waals surface area contributed by atoms with Gasteiger partial charge in [-0.05, 0) is 25.0 Å². The first-order chi connectivity index (χ1) is 19.9. The molecule has 2 atom stereocenters. The van der Waals surface area contributed by atoms with Gasteiger partial charge >= 0.3 is 11.3 Å². The molecule has 0 aliphatic heterocycles. The minimum absolute atomic E-state index is 0.0765. The number of ketones is 2. The van der Waals surface area contributed by atoms with Gasteiger partial charge in [0.15, 0.2) is 11.6 Å². The van der Waals surface area contributed by atoms with Gasteiger partial charge in [-0.1, -0.05) is 24.3 Å². The van der Waals surface area contributed by atoms with Gasteiger partial charge in [-0.3, -0.25) is 9.59 Å². The zero-order valence-corrected chi connectivity index (χ0v) is 22.3. The van der Waals surface area contributed by atoms with Crippen LogP contribution in [0.5, 0.6) is 11.5 Å². The van der Waals surface area contributed by atoms with Crippen molar-refractivity contribution in [3.8, 4) is 35.8 Å². The number of benzene rings is 1. The van der Waals surface area contributed by atoms with Crippen molar-refractivity contribution < 1.29 is 28.6 Å². The molecule has 0 aliphatic carbocycles. The highest BCUT2D eigenvalue weighted by atomic mass is 16.4. The summed E-state index contributed by atoms with van der Waals surface area (Å²) in [5, 5.41) is 58.5. The van der Waals surface area contributed by atoms with Gasteiger partial charge in [-0.25, -0.2) is 9.59 Å². The van der Waals surface area contributed by atoms with Crippen LogP contribution in [0.15, 0.2) is 54.8 Å². The molecule has 0 bridgehead atoms. The highest BCUT2D eigenvalue weighted by Gasteiger charge is 2.32. The largest absolute Gasteiger partial charge is 0.507 e. The lowest BCUT2D eigenvalue weighted by Crippen LogP contribution is -2.21.